The summed E-state index contributed by atoms with van der Waals surface area (Å²) in [6.45, 7) is 0. The predicted octanol–water partition coefficient (Wildman–Crippen LogP) is 2.02. The van der Waals surface area contributed by atoms with Crippen LogP contribution in [-0.2, 0) is 0 Å². The van der Waals surface area contributed by atoms with E-state index in [-0.39, 0.29) is 5.56 Å². The van der Waals surface area contributed by atoms with Crippen LogP contribution in [0.15, 0.2) is 60.0 Å². The van der Waals surface area contributed by atoms with Crippen LogP contribution in [0.25, 0.3) is 28.3 Å². The Labute approximate surface area is 135 Å². The van der Waals surface area contributed by atoms with Crippen molar-refractivity contribution in [3.63, 3.8) is 0 Å². The number of pyridine rings is 2. The molecule has 0 saturated carbocycles. The largest absolute Gasteiger partial charge is 0.305 e. The van der Waals surface area contributed by atoms with Gasteiger partial charge in [0.1, 0.15) is 17.4 Å². The number of nitrogens with one attached hydrogen (secondary N) is 1. The van der Waals surface area contributed by atoms with E-state index in [4.69, 9.17) is 5.26 Å². The molecule has 4 aromatic heterocycles. The lowest BCUT2D eigenvalue weighted by Gasteiger charge is -2.04. The fraction of sp³-hybridized carbons (Fsp3) is 0. The zero-order chi connectivity index (χ0) is 16.5. The molecule has 0 atom stereocenters. The smallest absolute Gasteiger partial charge is 0.259 e. The molecule has 0 saturated heterocycles. The number of rotatable bonds is 2. The van der Waals surface area contributed by atoms with Crippen molar-refractivity contribution < 1.29 is 0 Å². The Balaban J connectivity index is 1.85. The minimum atomic E-state index is -0.264. The highest BCUT2D eigenvalue weighted by atomic mass is 16.1. The van der Waals surface area contributed by atoms with Crippen LogP contribution in [0.4, 0.5) is 0 Å². The second kappa shape index (κ2) is 5.44. The maximum Gasteiger partial charge on any atom is 0.259 e. The van der Waals surface area contributed by atoms with Crippen molar-refractivity contribution in [3.05, 3.63) is 71.2 Å². The molecule has 0 aromatic carbocycles. The van der Waals surface area contributed by atoms with Gasteiger partial charge < -0.3 is 4.98 Å². The second-order valence-electron chi connectivity index (χ2n) is 5.12. The molecule has 24 heavy (non-hydrogen) atoms. The molecule has 4 aromatic rings. The Morgan fingerprint density at radius 2 is 2.04 bits per heavy atom. The van der Waals surface area contributed by atoms with Crippen LogP contribution in [0, 0.1) is 11.3 Å². The molecule has 0 aliphatic rings. The third kappa shape index (κ3) is 2.23. The average molecular weight is 314 g/mol. The van der Waals surface area contributed by atoms with Crippen LogP contribution in [0.2, 0.25) is 0 Å². The summed E-state index contributed by atoms with van der Waals surface area (Å²) in [7, 11) is 0. The predicted molar refractivity (Wildman–Crippen MR) is 87.0 cm³/mol. The molecule has 0 radical (unpaired) electrons. The summed E-state index contributed by atoms with van der Waals surface area (Å²) in [5.74, 6) is 0.384. The van der Waals surface area contributed by atoms with Gasteiger partial charge in [0, 0.05) is 30.4 Å². The van der Waals surface area contributed by atoms with Gasteiger partial charge in [0.05, 0.1) is 17.3 Å². The van der Waals surface area contributed by atoms with Gasteiger partial charge in [0.15, 0.2) is 5.82 Å². The average Bonchev–Trinajstić information content (AvgIpc) is 3.05. The number of hydrogen-bond acceptors (Lipinski definition) is 5. The molecule has 0 aliphatic heterocycles. The maximum atomic E-state index is 12.4. The van der Waals surface area contributed by atoms with Gasteiger partial charge in [0.2, 0.25) is 0 Å². The Morgan fingerprint density at radius 3 is 2.79 bits per heavy atom. The standard InChI is InChI=1S/C17H10N6O/c18-6-11-3-4-15-20-9-14(23(15)10-11)16-21-8-13(17(24)22-16)12-2-1-5-19-7-12/h1-5,7-10H,(H,21,22,24). The summed E-state index contributed by atoms with van der Waals surface area (Å²) in [4.78, 5) is 27.8. The molecule has 0 bridgehead atoms. The van der Waals surface area contributed by atoms with Gasteiger partial charge in [-0.2, -0.15) is 5.26 Å². The van der Waals surface area contributed by atoms with Crippen LogP contribution >= 0.6 is 0 Å². The summed E-state index contributed by atoms with van der Waals surface area (Å²) < 4.78 is 1.72. The number of hydrogen-bond donors (Lipinski definition) is 1. The highest BCUT2D eigenvalue weighted by molar-refractivity contribution is 5.63. The van der Waals surface area contributed by atoms with Gasteiger partial charge in [-0.1, -0.05) is 6.07 Å². The van der Waals surface area contributed by atoms with E-state index < -0.39 is 0 Å². The third-order valence-electron chi connectivity index (χ3n) is 3.65. The summed E-state index contributed by atoms with van der Waals surface area (Å²) in [5.41, 5.74) is 2.65. The van der Waals surface area contributed by atoms with Crippen molar-refractivity contribution in [2.45, 2.75) is 0 Å². The zero-order valence-corrected chi connectivity index (χ0v) is 12.3. The van der Waals surface area contributed by atoms with Crippen molar-refractivity contribution in [2.24, 2.45) is 0 Å². The van der Waals surface area contributed by atoms with Gasteiger partial charge in [0.25, 0.3) is 5.56 Å². The molecule has 4 rings (SSSR count). The Bertz CT molecular complexity index is 1140. The van der Waals surface area contributed by atoms with Gasteiger partial charge in [-0.05, 0) is 18.2 Å². The van der Waals surface area contributed by atoms with Crippen molar-refractivity contribution in [2.75, 3.05) is 0 Å². The first-order valence-corrected chi connectivity index (χ1v) is 7.13. The lowest BCUT2D eigenvalue weighted by molar-refractivity contribution is 1.08. The van der Waals surface area contributed by atoms with Crippen molar-refractivity contribution in [1.29, 1.82) is 5.26 Å². The minimum absolute atomic E-state index is 0.264. The number of H-pyrrole nitrogens is 1. The first-order valence-electron chi connectivity index (χ1n) is 7.13. The normalized spacial score (nSPS) is 10.6. The van der Waals surface area contributed by atoms with E-state index in [0.717, 1.165) is 0 Å². The fourth-order valence-corrected chi connectivity index (χ4v) is 2.47. The number of aromatic nitrogens is 5. The molecule has 0 amide bonds. The maximum absolute atomic E-state index is 12.4. The van der Waals surface area contributed by atoms with E-state index >= 15 is 0 Å². The molecule has 0 aliphatic carbocycles. The quantitative estimate of drug-likeness (QED) is 0.610. The number of fused-ring (bicyclic) bond motifs is 1. The number of imidazole rings is 1. The van der Waals surface area contributed by atoms with E-state index in [2.05, 4.69) is 26.0 Å². The number of nitrogens with zero attached hydrogens (tertiary/aromatic N) is 5. The van der Waals surface area contributed by atoms with Crippen molar-refractivity contribution >= 4 is 5.65 Å². The summed E-state index contributed by atoms with van der Waals surface area (Å²) in [6.07, 6.45) is 8.04. The lowest BCUT2D eigenvalue weighted by atomic mass is 10.1. The Hall–Kier alpha value is -3.79. The fourth-order valence-electron chi connectivity index (χ4n) is 2.47. The van der Waals surface area contributed by atoms with Crippen molar-refractivity contribution in [1.82, 2.24) is 24.3 Å². The number of nitriles is 1. The number of aromatic amines is 1. The van der Waals surface area contributed by atoms with E-state index in [1.807, 2.05) is 0 Å². The van der Waals surface area contributed by atoms with Gasteiger partial charge >= 0.3 is 0 Å². The molecule has 1 N–H and O–H groups in total. The van der Waals surface area contributed by atoms with E-state index in [1.54, 1.807) is 53.5 Å². The molecule has 0 spiro atoms. The Morgan fingerprint density at radius 1 is 1.12 bits per heavy atom. The van der Waals surface area contributed by atoms with Crippen LogP contribution in [0.5, 0.6) is 0 Å². The van der Waals surface area contributed by atoms with Gasteiger partial charge in [-0.25, -0.2) is 9.97 Å². The molecule has 0 unspecified atom stereocenters. The summed E-state index contributed by atoms with van der Waals surface area (Å²) >= 11 is 0. The van der Waals surface area contributed by atoms with Crippen LogP contribution in [0.1, 0.15) is 5.56 Å². The monoisotopic (exact) mass is 314 g/mol. The van der Waals surface area contributed by atoms with Crippen molar-refractivity contribution in [3.8, 4) is 28.7 Å². The summed E-state index contributed by atoms with van der Waals surface area (Å²) in [6, 6.07) is 9.07. The van der Waals surface area contributed by atoms with Gasteiger partial charge in [-0.15, -0.1) is 0 Å². The van der Waals surface area contributed by atoms with Crippen LogP contribution in [0.3, 0.4) is 0 Å². The molecule has 7 heteroatoms. The van der Waals surface area contributed by atoms with Gasteiger partial charge in [-0.3, -0.25) is 14.2 Å². The minimum Gasteiger partial charge on any atom is -0.305 e. The SMILES string of the molecule is N#Cc1ccc2ncc(-c3ncc(-c4cccnc4)c(=O)[nH]3)n2c1. The first-order chi connectivity index (χ1) is 11.8. The molecule has 4 heterocycles. The Kier molecular flexibility index (Phi) is 3.14. The van der Waals surface area contributed by atoms with Crippen LogP contribution in [-0.4, -0.2) is 24.3 Å². The lowest BCUT2D eigenvalue weighted by Crippen LogP contribution is -2.12. The molecule has 114 valence electrons. The topological polar surface area (TPSA) is 99.7 Å². The highest BCUT2D eigenvalue weighted by Gasteiger charge is 2.11. The molecule has 0 fully saturated rings. The van der Waals surface area contributed by atoms with Crippen LogP contribution < -0.4 is 5.56 Å². The van der Waals surface area contributed by atoms with E-state index in [9.17, 15) is 4.79 Å². The highest BCUT2D eigenvalue weighted by Crippen LogP contribution is 2.18. The van der Waals surface area contributed by atoms with E-state index in [0.29, 0.717) is 33.9 Å². The summed E-state index contributed by atoms with van der Waals surface area (Å²) in [5, 5.41) is 9.04. The third-order valence-corrected chi connectivity index (χ3v) is 3.65. The molecular formula is C17H10N6O. The zero-order valence-electron chi connectivity index (χ0n) is 12.3. The molecular weight excluding hydrogens is 304 g/mol. The second-order valence-corrected chi connectivity index (χ2v) is 5.12. The molecule has 7 nitrogen and oxygen atoms in total. The van der Waals surface area contributed by atoms with E-state index in [1.165, 1.54) is 6.20 Å². The first kappa shape index (κ1) is 13.8.